The third kappa shape index (κ3) is 2.37. The van der Waals surface area contributed by atoms with Gasteiger partial charge in [-0.05, 0) is 18.6 Å². The Labute approximate surface area is 158 Å². The molecule has 4 nitrogen and oxygen atoms in total. The number of carbonyl (C=O) groups excluding carboxylic acids is 1. The smallest absolute Gasteiger partial charge is 0.359 e. The minimum absolute atomic E-state index is 0.179. The Balaban J connectivity index is 2.07. The van der Waals surface area contributed by atoms with Crippen LogP contribution in [-0.4, -0.2) is 17.7 Å². The maximum atomic E-state index is 13.3. The predicted octanol–water partition coefficient (Wildman–Crippen LogP) is 3.77. The molecule has 0 fully saturated rings. The molecule has 1 aliphatic rings. The number of rotatable bonds is 4. The standard InChI is InChI=1S/C23H20O4/c1-2-26-21(24)23(18-13-7-4-8-14-18)22(25,17-11-5-3-6-12-17)19-15-9-10-16-20(19)27-23/h3-16,25H,2H2,1H3/t22-,23+/m1/s1. The van der Waals surface area contributed by atoms with Crippen molar-refractivity contribution in [3.63, 3.8) is 0 Å². The van der Waals surface area contributed by atoms with Gasteiger partial charge in [-0.2, -0.15) is 0 Å². The normalized spacial score (nSPS) is 23.3. The molecule has 0 amide bonds. The molecule has 136 valence electrons. The molecule has 0 saturated carbocycles. The van der Waals surface area contributed by atoms with Crippen LogP contribution in [0.5, 0.6) is 5.75 Å². The Morgan fingerprint density at radius 1 is 0.889 bits per heavy atom. The first kappa shape index (κ1) is 17.3. The minimum Gasteiger partial charge on any atom is -0.466 e. The number of benzene rings is 3. The molecule has 0 saturated heterocycles. The van der Waals surface area contributed by atoms with Crippen molar-refractivity contribution in [2.45, 2.75) is 18.1 Å². The van der Waals surface area contributed by atoms with Crippen LogP contribution in [0.4, 0.5) is 0 Å². The number of ether oxygens (including phenoxy) is 2. The van der Waals surface area contributed by atoms with Gasteiger partial charge in [0.15, 0.2) is 5.60 Å². The first-order chi connectivity index (χ1) is 13.1. The van der Waals surface area contributed by atoms with Gasteiger partial charge in [-0.15, -0.1) is 0 Å². The Morgan fingerprint density at radius 2 is 1.44 bits per heavy atom. The fraction of sp³-hybridized carbons (Fsp3) is 0.174. The van der Waals surface area contributed by atoms with E-state index in [-0.39, 0.29) is 6.61 Å². The summed E-state index contributed by atoms with van der Waals surface area (Å²) >= 11 is 0. The van der Waals surface area contributed by atoms with Crippen molar-refractivity contribution in [1.29, 1.82) is 0 Å². The third-order valence-corrected chi connectivity index (χ3v) is 4.98. The SMILES string of the molecule is CCOC(=O)[C@]1(c2ccccc2)Oc2ccccc2[C@]1(O)c1ccccc1. The Bertz CT molecular complexity index is 954. The molecular weight excluding hydrogens is 340 g/mol. The zero-order valence-electron chi connectivity index (χ0n) is 15.0. The molecule has 0 unspecified atom stereocenters. The highest BCUT2D eigenvalue weighted by Gasteiger charge is 2.67. The lowest BCUT2D eigenvalue weighted by atomic mass is 9.71. The molecule has 3 aromatic carbocycles. The second-order valence-corrected chi connectivity index (χ2v) is 6.44. The van der Waals surface area contributed by atoms with Gasteiger partial charge in [0.25, 0.3) is 5.60 Å². The summed E-state index contributed by atoms with van der Waals surface area (Å²) in [6.07, 6.45) is 0. The quantitative estimate of drug-likeness (QED) is 0.720. The van der Waals surface area contributed by atoms with Crippen molar-refractivity contribution in [2.75, 3.05) is 6.61 Å². The Kier molecular flexibility index (Phi) is 4.21. The Morgan fingerprint density at radius 3 is 2.07 bits per heavy atom. The van der Waals surface area contributed by atoms with Crippen LogP contribution >= 0.6 is 0 Å². The van der Waals surface area contributed by atoms with Gasteiger partial charge in [-0.25, -0.2) is 4.79 Å². The summed E-state index contributed by atoms with van der Waals surface area (Å²) in [6.45, 7) is 1.91. The van der Waals surface area contributed by atoms with Crippen LogP contribution in [0.2, 0.25) is 0 Å². The summed E-state index contributed by atoms with van der Waals surface area (Å²) in [5.74, 6) is -0.167. The van der Waals surface area contributed by atoms with Crippen LogP contribution in [-0.2, 0) is 20.7 Å². The monoisotopic (exact) mass is 360 g/mol. The minimum atomic E-state index is -1.74. The van der Waals surface area contributed by atoms with E-state index in [0.717, 1.165) is 0 Å². The highest BCUT2D eigenvalue weighted by atomic mass is 16.6. The van der Waals surface area contributed by atoms with Crippen LogP contribution in [0.3, 0.4) is 0 Å². The topological polar surface area (TPSA) is 55.8 Å². The highest BCUT2D eigenvalue weighted by molar-refractivity contribution is 5.87. The molecule has 2 atom stereocenters. The number of carbonyl (C=O) groups is 1. The molecule has 27 heavy (non-hydrogen) atoms. The number of esters is 1. The van der Waals surface area contributed by atoms with Crippen molar-refractivity contribution < 1.29 is 19.4 Å². The van der Waals surface area contributed by atoms with Crippen LogP contribution < -0.4 is 4.74 Å². The first-order valence-electron chi connectivity index (χ1n) is 8.93. The van der Waals surface area contributed by atoms with Crippen LogP contribution in [0.1, 0.15) is 23.6 Å². The van der Waals surface area contributed by atoms with E-state index in [2.05, 4.69) is 0 Å². The van der Waals surface area contributed by atoms with Crippen LogP contribution in [0.15, 0.2) is 84.9 Å². The van der Waals surface area contributed by atoms with E-state index >= 15 is 0 Å². The lowest BCUT2D eigenvalue weighted by Crippen LogP contribution is -2.56. The van der Waals surface area contributed by atoms with E-state index in [0.29, 0.717) is 22.4 Å². The summed E-state index contributed by atoms with van der Waals surface area (Å²) in [5.41, 5.74) is -1.85. The van der Waals surface area contributed by atoms with Gasteiger partial charge in [0.1, 0.15) is 5.75 Å². The number of hydrogen-bond donors (Lipinski definition) is 1. The van der Waals surface area contributed by atoms with E-state index in [1.54, 1.807) is 43.3 Å². The molecular formula is C23H20O4. The summed E-state index contributed by atoms with van der Waals surface area (Å²) in [7, 11) is 0. The van der Waals surface area contributed by atoms with Gasteiger partial charge in [-0.3, -0.25) is 0 Å². The number of fused-ring (bicyclic) bond motifs is 1. The zero-order valence-corrected chi connectivity index (χ0v) is 15.0. The molecule has 3 aromatic rings. The number of para-hydroxylation sites is 1. The molecule has 0 aromatic heterocycles. The fourth-order valence-electron chi connectivity index (χ4n) is 3.80. The molecule has 1 heterocycles. The average Bonchev–Trinajstić information content (AvgIpc) is 3.01. The van der Waals surface area contributed by atoms with E-state index in [1.807, 2.05) is 48.5 Å². The molecule has 4 rings (SSSR count). The highest BCUT2D eigenvalue weighted by Crippen LogP contribution is 2.56. The molecule has 0 radical (unpaired) electrons. The van der Waals surface area contributed by atoms with Crippen molar-refractivity contribution in [3.8, 4) is 5.75 Å². The van der Waals surface area contributed by atoms with Crippen molar-refractivity contribution >= 4 is 5.97 Å². The van der Waals surface area contributed by atoms with Gasteiger partial charge in [0.2, 0.25) is 0 Å². The molecule has 0 bridgehead atoms. The summed E-state index contributed by atoms with van der Waals surface area (Å²) in [5, 5.41) is 12.1. The molecule has 1 N–H and O–H groups in total. The first-order valence-corrected chi connectivity index (χ1v) is 8.93. The second kappa shape index (κ2) is 6.56. The summed E-state index contributed by atoms with van der Waals surface area (Å²) in [4.78, 5) is 13.3. The van der Waals surface area contributed by atoms with Gasteiger partial charge in [-0.1, -0.05) is 78.9 Å². The maximum absolute atomic E-state index is 13.3. The molecule has 1 aliphatic heterocycles. The largest absolute Gasteiger partial charge is 0.466 e. The van der Waals surface area contributed by atoms with Crippen LogP contribution in [0.25, 0.3) is 0 Å². The maximum Gasteiger partial charge on any atom is 0.359 e. The van der Waals surface area contributed by atoms with Gasteiger partial charge in [0.05, 0.1) is 6.61 Å². The molecule has 0 aliphatic carbocycles. The van der Waals surface area contributed by atoms with E-state index in [4.69, 9.17) is 9.47 Å². The third-order valence-electron chi connectivity index (χ3n) is 4.98. The number of hydrogen-bond acceptors (Lipinski definition) is 4. The van der Waals surface area contributed by atoms with E-state index < -0.39 is 17.2 Å². The summed E-state index contributed by atoms with van der Waals surface area (Å²) < 4.78 is 11.6. The fourth-order valence-corrected chi connectivity index (χ4v) is 3.80. The molecule has 4 heteroatoms. The predicted molar refractivity (Wildman–Crippen MR) is 101 cm³/mol. The lowest BCUT2D eigenvalue weighted by Gasteiger charge is -2.39. The van der Waals surface area contributed by atoms with E-state index in [9.17, 15) is 9.90 Å². The van der Waals surface area contributed by atoms with Crippen molar-refractivity contribution in [1.82, 2.24) is 0 Å². The van der Waals surface area contributed by atoms with Crippen molar-refractivity contribution in [3.05, 3.63) is 102 Å². The Hall–Kier alpha value is -3.11. The molecule has 0 spiro atoms. The van der Waals surface area contributed by atoms with Gasteiger partial charge in [0, 0.05) is 11.1 Å². The zero-order chi connectivity index (χ0) is 18.9. The van der Waals surface area contributed by atoms with Crippen LogP contribution in [0, 0.1) is 0 Å². The van der Waals surface area contributed by atoms with Gasteiger partial charge >= 0.3 is 5.97 Å². The van der Waals surface area contributed by atoms with Gasteiger partial charge < -0.3 is 14.6 Å². The lowest BCUT2D eigenvalue weighted by molar-refractivity contribution is -0.181. The number of aliphatic hydroxyl groups is 1. The van der Waals surface area contributed by atoms with Crippen molar-refractivity contribution in [2.24, 2.45) is 0 Å². The van der Waals surface area contributed by atoms with E-state index in [1.165, 1.54) is 0 Å². The second-order valence-electron chi connectivity index (χ2n) is 6.44. The summed E-state index contributed by atoms with van der Waals surface area (Å²) in [6, 6.07) is 25.3. The average molecular weight is 360 g/mol.